The summed E-state index contributed by atoms with van der Waals surface area (Å²) in [5, 5.41) is 3.17. The van der Waals surface area contributed by atoms with Gasteiger partial charge in [0.25, 0.3) is 5.91 Å². The number of amides is 1. The number of nitrogens with zero attached hydrogens (tertiary/aromatic N) is 1. The molecule has 5 N–H and O–H groups in total. The molecule has 0 bridgehead atoms. The van der Waals surface area contributed by atoms with E-state index in [1.165, 1.54) is 0 Å². The van der Waals surface area contributed by atoms with Gasteiger partial charge < -0.3 is 16.8 Å². The van der Waals surface area contributed by atoms with Crippen LogP contribution in [-0.2, 0) is 0 Å². The molecule has 0 aliphatic rings. The van der Waals surface area contributed by atoms with E-state index >= 15 is 0 Å². The van der Waals surface area contributed by atoms with E-state index in [0.717, 1.165) is 12.1 Å². The minimum absolute atomic E-state index is 0.0974. The zero-order valence-electron chi connectivity index (χ0n) is 10.3. The molecule has 1 atom stereocenters. The van der Waals surface area contributed by atoms with E-state index in [2.05, 4.69) is 24.1 Å². The fourth-order valence-corrected chi connectivity index (χ4v) is 1.61. The van der Waals surface area contributed by atoms with Crippen molar-refractivity contribution in [3.8, 4) is 0 Å². The van der Waals surface area contributed by atoms with Crippen LogP contribution in [0.3, 0.4) is 0 Å². The lowest BCUT2D eigenvalue weighted by Crippen LogP contribution is -2.30. The van der Waals surface area contributed by atoms with Crippen LogP contribution in [0.2, 0.25) is 0 Å². The van der Waals surface area contributed by atoms with Crippen molar-refractivity contribution >= 4 is 11.6 Å². The average Bonchev–Trinajstić information content (AvgIpc) is 2.26. The molecule has 0 saturated carbocycles. The second-order valence-corrected chi connectivity index (χ2v) is 4.56. The van der Waals surface area contributed by atoms with Crippen LogP contribution in [0.25, 0.3) is 0 Å². The normalized spacial score (nSPS) is 12.5. The molecule has 1 unspecified atom stereocenters. The van der Waals surface area contributed by atoms with Crippen molar-refractivity contribution in [3.63, 3.8) is 0 Å². The number of carbonyl (C=O) groups is 1. The summed E-state index contributed by atoms with van der Waals surface area (Å²) in [7, 11) is 0. The SMILES string of the molecule is CC(C)CC(N)CNc1ccnc(C(N)=O)c1. The zero-order chi connectivity index (χ0) is 12.8. The van der Waals surface area contributed by atoms with Gasteiger partial charge in [0.2, 0.25) is 0 Å². The van der Waals surface area contributed by atoms with Gasteiger partial charge in [0.15, 0.2) is 0 Å². The van der Waals surface area contributed by atoms with Crippen molar-refractivity contribution in [1.29, 1.82) is 0 Å². The Balaban J connectivity index is 2.51. The van der Waals surface area contributed by atoms with E-state index in [4.69, 9.17) is 11.5 Å². The highest BCUT2D eigenvalue weighted by atomic mass is 16.1. The highest BCUT2D eigenvalue weighted by Crippen LogP contribution is 2.09. The monoisotopic (exact) mass is 236 g/mol. The summed E-state index contributed by atoms with van der Waals surface area (Å²) < 4.78 is 0. The van der Waals surface area contributed by atoms with Crippen molar-refractivity contribution in [2.24, 2.45) is 17.4 Å². The molecule has 94 valence electrons. The third-order valence-electron chi connectivity index (χ3n) is 2.35. The topological polar surface area (TPSA) is 94.0 Å². The first-order valence-corrected chi connectivity index (χ1v) is 5.74. The summed E-state index contributed by atoms with van der Waals surface area (Å²) >= 11 is 0. The Morgan fingerprint density at radius 2 is 2.24 bits per heavy atom. The number of carbonyl (C=O) groups excluding carboxylic acids is 1. The van der Waals surface area contributed by atoms with Gasteiger partial charge in [-0.15, -0.1) is 0 Å². The minimum Gasteiger partial charge on any atom is -0.383 e. The first-order valence-electron chi connectivity index (χ1n) is 5.74. The fourth-order valence-electron chi connectivity index (χ4n) is 1.61. The summed E-state index contributed by atoms with van der Waals surface area (Å²) in [6, 6.07) is 3.51. The van der Waals surface area contributed by atoms with Crippen LogP contribution in [0.1, 0.15) is 30.8 Å². The number of nitrogens with two attached hydrogens (primary N) is 2. The molecular formula is C12H20N4O. The van der Waals surface area contributed by atoms with Crippen LogP contribution >= 0.6 is 0 Å². The standard InChI is InChI=1S/C12H20N4O/c1-8(2)5-9(13)7-16-10-3-4-15-11(6-10)12(14)17/h3-4,6,8-9H,5,7,13H2,1-2H3,(H2,14,17)(H,15,16). The molecule has 1 aromatic heterocycles. The summed E-state index contributed by atoms with van der Waals surface area (Å²) in [6.07, 6.45) is 2.51. The number of primary amides is 1. The molecular weight excluding hydrogens is 216 g/mol. The molecule has 5 nitrogen and oxygen atoms in total. The van der Waals surface area contributed by atoms with Crippen LogP contribution in [0.15, 0.2) is 18.3 Å². The van der Waals surface area contributed by atoms with Gasteiger partial charge in [0, 0.05) is 24.5 Å². The van der Waals surface area contributed by atoms with Crippen LogP contribution in [0.4, 0.5) is 5.69 Å². The third-order valence-corrected chi connectivity index (χ3v) is 2.35. The molecule has 1 rings (SSSR count). The van der Waals surface area contributed by atoms with E-state index in [-0.39, 0.29) is 11.7 Å². The lowest BCUT2D eigenvalue weighted by Gasteiger charge is -2.15. The first kappa shape index (κ1) is 13.4. The number of rotatable bonds is 6. The van der Waals surface area contributed by atoms with Crippen molar-refractivity contribution in [2.45, 2.75) is 26.3 Å². The molecule has 5 heteroatoms. The summed E-state index contributed by atoms with van der Waals surface area (Å²) in [5.41, 5.74) is 12.2. The van der Waals surface area contributed by atoms with Gasteiger partial charge in [-0.25, -0.2) is 0 Å². The van der Waals surface area contributed by atoms with Gasteiger partial charge in [-0.2, -0.15) is 0 Å². The summed E-state index contributed by atoms with van der Waals surface area (Å²) in [6.45, 7) is 4.94. The van der Waals surface area contributed by atoms with Crippen molar-refractivity contribution < 1.29 is 4.79 Å². The second-order valence-electron chi connectivity index (χ2n) is 4.56. The molecule has 0 saturated heterocycles. The lowest BCUT2D eigenvalue weighted by molar-refractivity contribution is 0.0995. The Morgan fingerprint density at radius 1 is 1.53 bits per heavy atom. The largest absolute Gasteiger partial charge is 0.383 e. The fraction of sp³-hybridized carbons (Fsp3) is 0.500. The highest BCUT2D eigenvalue weighted by Gasteiger charge is 2.06. The smallest absolute Gasteiger partial charge is 0.267 e. The van der Waals surface area contributed by atoms with E-state index < -0.39 is 5.91 Å². The number of nitrogens with one attached hydrogen (secondary N) is 1. The predicted octanol–water partition coefficient (Wildman–Crippen LogP) is 0.966. The molecule has 0 aromatic carbocycles. The quantitative estimate of drug-likeness (QED) is 0.686. The second kappa shape index (κ2) is 6.20. The van der Waals surface area contributed by atoms with Gasteiger partial charge in [0.05, 0.1) is 0 Å². The number of anilines is 1. The third kappa shape index (κ3) is 4.82. The Kier molecular flexibility index (Phi) is 4.90. The van der Waals surface area contributed by atoms with Gasteiger partial charge in [-0.1, -0.05) is 13.8 Å². The molecule has 1 aromatic rings. The molecule has 0 aliphatic carbocycles. The van der Waals surface area contributed by atoms with E-state index in [9.17, 15) is 4.79 Å². The average molecular weight is 236 g/mol. The number of hydrogen-bond acceptors (Lipinski definition) is 4. The Labute approximate surface area is 102 Å². The molecule has 1 amide bonds. The van der Waals surface area contributed by atoms with E-state index in [1.807, 2.05) is 0 Å². The van der Waals surface area contributed by atoms with Crippen molar-refractivity contribution in [2.75, 3.05) is 11.9 Å². The summed E-state index contributed by atoms with van der Waals surface area (Å²) in [4.78, 5) is 14.8. The molecule has 0 fully saturated rings. The predicted molar refractivity (Wildman–Crippen MR) is 68.7 cm³/mol. The molecule has 1 heterocycles. The maximum atomic E-state index is 10.9. The van der Waals surface area contributed by atoms with Gasteiger partial charge in [-0.05, 0) is 24.5 Å². The van der Waals surface area contributed by atoms with Gasteiger partial charge in [0.1, 0.15) is 5.69 Å². The molecule has 0 spiro atoms. The minimum atomic E-state index is -0.528. The van der Waals surface area contributed by atoms with Crippen LogP contribution in [0.5, 0.6) is 0 Å². The number of hydrogen-bond donors (Lipinski definition) is 3. The molecule has 17 heavy (non-hydrogen) atoms. The van der Waals surface area contributed by atoms with Crippen molar-refractivity contribution in [1.82, 2.24) is 4.98 Å². The van der Waals surface area contributed by atoms with Crippen molar-refractivity contribution in [3.05, 3.63) is 24.0 Å². The maximum absolute atomic E-state index is 10.9. The first-order chi connectivity index (χ1) is 7.99. The van der Waals surface area contributed by atoms with E-state index in [1.54, 1.807) is 18.3 Å². The van der Waals surface area contributed by atoms with Crippen LogP contribution in [-0.4, -0.2) is 23.5 Å². The zero-order valence-corrected chi connectivity index (χ0v) is 10.3. The Hall–Kier alpha value is -1.62. The number of pyridine rings is 1. The maximum Gasteiger partial charge on any atom is 0.267 e. The Morgan fingerprint density at radius 3 is 2.82 bits per heavy atom. The lowest BCUT2D eigenvalue weighted by atomic mass is 10.0. The summed E-state index contributed by atoms with van der Waals surface area (Å²) in [5.74, 6) is 0.0468. The van der Waals surface area contributed by atoms with E-state index in [0.29, 0.717) is 12.5 Å². The van der Waals surface area contributed by atoms with Gasteiger partial charge in [-0.3, -0.25) is 9.78 Å². The van der Waals surface area contributed by atoms with Crippen LogP contribution < -0.4 is 16.8 Å². The number of aromatic nitrogens is 1. The molecule has 0 radical (unpaired) electrons. The molecule has 0 aliphatic heterocycles. The van der Waals surface area contributed by atoms with Gasteiger partial charge >= 0.3 is 0 Å². The Bertz CT molecular complexity index is 379. The highest BCUT2D eigenvalue weighted by molar-refractivity contribution is 5.91. The van der Waals surface area contributed by atoms with Crippen LogP contribution in [0, 0.1) is 5.92 Å².